The molecule has 0 spiro atoms. The van der Waals surface area contributed by atoms with E-state index < -0.39 is 0 Å². The molecule has 1 N–H and O–H groups in total. The Labute approximate surface area is 167 Å². The second-order valence-electron chi connectivity index (χ2n) is 6.99. The number of aromatic nitrogens is 2. The minimum atomic E-state index is -0.0898. The number of carbonyl (C=O) groups is 1. The largest absolute Gasteiger partial charge is 0.356 e. The van der Waals surface area contributed by atoms with Gasteiger partial charge in [-0.05, 0) is 48.9 Å². The molecule has 29 heavy (non-hydrogen) atoms. The number of nitrogens with one attached hydrogen (secondary N) is 1. The smallest absolute Gasteiger partial charge is 0.230 e. The van der Waals surface area contributed by atoms with Crippen molar-refractivity contribution in [2.45, 2.75) is 13.3 Å². The van der Waals surface area contributed by atoms with Gasteiger partial charge in [0.05, 0.1) is 29.2 Å². The molecule has 5 rings (SSSR count). The van der Waals surface area contributed by atoms with Crippen LogP contribution in [0.5, 0.6) is 0 Å². The van der Waals surface area contributed by atoms with Gasteiger partial charge in [0.2, 0.25) is 5.91 Å². The van der Waals surface area contributed by atoms with Crippen molar-refractivity contribution in [1.82, 2.24) is 9.72 Å². The maximum atomic E-state index is 12.6. The predicted octanol–water partition coefficient (Wildman–Crippen LogP) is 4.90. The van der Waals surface area contributed by atoms with Crippen LogP contribution in [0.15, 0.2) is 82.6 Å². The lowest BCUT2D eigenvalue weighted by Crippen LogP contribution is -2.15. The van der Waals surface area contributed by atoms with E-state index in [0.717, 1.165) is 28.2 Å². The van der Waals surface area contributed by atoms with Crippen molar-refractivity contribution >= 4 is 23.0 Å². The highest BCUT2D eigenvalue weighted by atomic mass is 16.5. The fraction of sp³-hybridized carbons (Fsp3) is 0.0870. The number of aliphatic imine (C=N–C) groups is 1. The molecule has 0 saturated carbocycles. The molecule has 6 nitrogen and oxygen atoms in total. The Morgan fingerprint density at radius 2 is 1.83 bits per heavy atom. The van der Waals surface area contributed by atoms with Gasteiger partial charge in [-0.15, -0.1) is 0 Å². The molecule has 0 aliphatic carbocycles. The van der Waals surface area contributed by atoms with Gasteiger partial charge in [0.1, 0.15) is 0 Å². The van der Waals surface area contributed by atoms with E-state index in [-0.39, 0.29) is 12.3 Å². The second-order valence-corrected chi connectivity index (χ2v) is 6.99. The zero-order valence-electron chi connectivity index (χ0n) is 15.8. The summed E-state index contributed by atoms with van der Waals surface area (Å²) in [6.07, 6.45) is 4.13. The Morgan fingerprint density at radius 3 is 2.62 bits per heavy atom. The molecule has 142 valence electrons. The number of aryl methyl sites for hydroxylation is 1. The predicted molar refractivity (Wildman–Crippen MR) is 112 cm³/mol. The summed E-state index contributed by atoms with van der Waals surface area (Å²) in [5.41, 5.74) is 5.74. The summed E-state index contributed by atoms with van der Waals surface area (Å²) in [5, 5.41) is 6.93. The average Bonchev–Trinajstić information content (AvgIpc) is 3.37. The third kappa shape index (κ3) is 3.36. The van der Waals surface area contributed by atoms with Crippen LogP contribution in [0.2, 0.25) is 0 Å². The fourth-order valence-electron chi connectivity index (χ4n) is 3.44. The van der Waals surface area contributed by atoms with Crippen molar-refractivity contribution in [3.05, 3.63) is 84.3 Å². The minimum Gasteiger partial charge on any atom is -0.356 e. The topological polar surface area (TPSA) is 72.4 Å². The Balaban J connectivity index is 1.55. The molecule has 0 bridgehead atoms. The van der Waals surface area contributed by atoms with E-state index >= 15 is 0 Å². The highest BCUT2D eigenvalue weighted by Crippen LogP contribution is 2.32. The van der Waals surface area contributed by atoms with Crippen molar-refractivity contribution in [3.8, 4) is 17.0 Å². The first-order valence-corrected chi connectivity index (χ1v) is 9.35. The van der Waals surface area contributed by atoms with Crippen molar-refractivity contribution < 1.29 is 9.32 Å². The molecular weight excluding hydrogens is 364 g/mol. The lowest BCUT2D eigenvalue weighted by Gasteiger charge is -2.08. The van der Waals surface area contributed by atoms with Crippen LogP contribution in [-0.4, -0.2) is 21.3 Å². The third-order valence-electron chi connectivity index (χ3n) is 4.85. The summed E-state index contributed by atoms with van der Waals surface area (Å²) < 4.78 is 7.36. The Morgan fingerprint density at radius 1 is 1.00 bits per heavy atom. The standard InChI is InChI=1S/C23H18N4O2/c1-15-11-22(29-26-15)17-6-4-5-16(12-17)20-14-23(28)25-21-13-18(7-8-19(21)24-20)27-9-2-3-10-27/h2-13H,14H2,1H3,(H,25,28). The number of fused-ring (bicyclic) bond motifs is 1. The highest BCUT2D eigenvalue weighted by Gasteiger charge is 2.18. The quantitative estimate of drug-likeness (QED) is 0.547. The van der Waals surface area contributed by atoms with Gasteiger partial charge in [-0.1, -0.05) is 23.4 Å². The summed E-state index contributed by atoms with van der Waals surface area (Å²) in [6, 6.07) is 19.5. The number of nitrogens with zero attached hydrogens (tertiary/aromatic N) is 3. The molecule has 0 unspecified atom stereocenters. The molecular formula is C23H18N4O2. The van der Waals surface area contributed by atoms with E-state index in [1.54, 1.807) is 0 Å². The molecule has 4 aromatic rings. The van der Waals surface area contributed by atoms with Crippen molar-refractivity contribution in [3.63, 3.8) is 0 Å². The van der Waals surface area contributed by atoms with Gasteiger partial charge in [0, 0.05) is 29.7 Å². The summed E-state index contributed by atoms with van der Waals surface area (Å²) in [4.78, 5) is 17.4. The summed E-state index contributed by atoms with van der Waals surface area (Å²) in [6.45, 7) is 1.88. The van der Waals surface area contributed by atoms with Crippen LogP contribution < -0.4 is 5.32 Å². The maximum absolute atomic E-state index is 12.6. The molecule has 2 aromatic heterocycles. The number of carbonyl (C=O) groups excluding carboxylic acids is 1. The second kappa shape index (κ2) is 6.91. The summed E-state index contributed by atoms with van der Waals surface area (Å²) >= 11 is 0. The number of hydrogen-bond donors (Lipinski definition) is 1. The van der Waals surface area contributed by atoms with Crippen LogP contribution in [0, 0.1) is 6.92 Å². The van der Waals surface area contributed by atoms with Gasteiger partial charge in [-0.25, -0.2) is 0 Å². The SMILES string of the molecule is Cc1cc(-c2cccc(C3=Nc4ccc(-n5cccc5)cc4NC(=O)C3)c2)on1. The van der Waals surface area contributed by atoms with E-state index in [1.165, 1.54) is 0 Å². The lowest BCUT2D eigenvalue weighted by atomic mass is 10.0. The molecule has 0 radical (unpaired) electrons. The summed E-state index contributed by atoms with van der Waals surface area (Å²) in [5.74, 6) is 0.604. The molecule has 2 aromatic carbocycles. The van der Waals surface area contributed by atoms with Crippen LogP contribution in [0.3, 0.4) is 0 Å². The molecule has 0 atom stereocenters. The first-order valence-electron chi connectivity index (χ1n) is 9.35. The zero-order chi connectivity index (χ0) is 19.8. The number of anilines is 1. The van der Waals surface area contributed by atoms with Crippen molar-refractivity contribution in [2.24, 2.45) is 4.99 Å². The van der Waals surface area contributed by atoms with Crippen molar-refractivity contribution in [2.75, 3.05) is 5.32 Å². The van der Waals surface area contributed by atoms with E-state index in [0.29, 0.717) is 17.2 Å². The van der Waals surface area contributed by atoms with Gasteiger partial charge < -0.3 is 14.4 Å². The Kier molecular flexibility index (Phi) is 4.09. The molecule has 1 amide bonds. The molecule has 3 heterocycles. The van der Waals surface area contributed by atoms with Crippen LogP contribution in [0.1, 0.15) is 17.7 Å². The average molecular weight is 382 g/mol. The number of hydrogen-bond acceptors (Lipinski definition) is 4. The number of rotatable bonds is 3. The van der Waals surface area contributed by atoms with Gasteiger partial charge >= 0.3 is 0 Å². The monoisotopic (exact) mass is 382 g/mol. The minimum absolute atomic E-state index is 0.0898. The van der Waals surface area contributed by atoms with Crippen LogP contribution >= 0.6 is 0 Å². The van der Waals surface area contributed by atoms with Gasteiger partial charge in [-0.3, -0.25) is 9.79 Å². The van der Waals surface area contributed by atoms with Gasteiger partial charge in [-0.2, -0.15) is 0 Å². The number of benzene rings is 2. The molecule has 6 heteroatoms. The maximum Gasteiger partial charge on any atom is 0.230 e. The van der Waals surface area contributed by atoms with E-state index in [4.69, 9.17) is 9.52 Å². The van der Waals surface area contributed by atoms with E-state index in [1.807, 2.05) is 84.5 Å². The highest BCUT2D eigenvalue weighted by molar-refractivity contribution is 6.17. The molecule has 0 fully saturated rings. The van der Waals surface area contributed by atoms with Crippen molar-refractivity contribution in [1.29, 1.82) is 0 Å². The first kappa shape index (κ1) is 17.2. The van der Waals surface area contributed by atoms with Gasteiger partial charge in [0.25, 0.3) is 0 Å². The lowest BCUT2D eigenvalue weighted by molar-refractivity contribution is -0.115. The third-order valence-corrected chi connectivity index (χ3v) is 4.85. The first-order chi connectivity index (χ1) is 14.2. The normalized spacial score (nSPS) is 13.4. The van der Waals surface area contributed by atoms with Crippen LogP contribution in [0.25, 0.3) is 17.0 Å². The molecule has 0 saturated heterocycles. The fourth-order valence-corrected chi connectivity index (χ4v) is 3.44. The molecule has 1 aliphatic heterocycles. The Hall–Kier alpha value is -3.93. The van der Waals surface area contributed by atoms with E-state index in [2.05, 4.69) is 10.5 Å². The summed E-state index contributed by atoms with van der Waals surface area (Å²) in [7, 11) is 0. The van der Waals surface area contributed by atoms with E-state index in [9.17, 15) is 4.79 Å². The van der Waals surface area contributed by atoms with Crippen LogP contribution in [-0.2, 0) is 4.79 Å². The molecule has 1 aliphatic rings. The Bertz CT molecular complexity index is 1240. The van der Waals surface area contributed by atoms with Crippen LogP contribution in [0.4, 0.5) is 11.4 Å². The van der Waals surface area contributed by atoms with Gasteiger partial charge in [0.15, 0.2) is 5.76 Å². The zero-order valence-corrected chi connectivity index (χ0v) is 15.8. The number of amides is 1.